The molecule has 0 aliphatic heterocycles. The first-order valence-corrected chi connectivity index (χ1v) is 9.50. The van der Waals surface area contributed by atoms with Crippen LogP contribution in [-0.4, -0.2) is 31.2 Å². The largest absolute Gasteiger partial charge is 0.497 e. The molecule has 1 aromatic heterocycles. The van der Waals surface area contributed by atoms with Gasteiger partial charge in [-0.15, -0.1) is 0 Å². The molecule has 0 unspecified atom stereocenters. The maximum atomic E-state index is 11.1. The Morgan fingerprint density at radius 1 is 0.774 bits per heavy atom. The average Bonchev–Trinajstić information content (AvgIpc) is 2.82. The molecule has 31 heavy (non-hydrogen) atoms. The van der Waals surface area contributed by atoms with E-state index in [-0.39, 0.29) is 5.69 Å². The van der Waals surface area contributed by atoms with Crippen molar-refractivity contribution >= 4 is 16.5 Å². The van der Waals surface area contributed by atoms with Crippen LogP contribution < -0.4 is 14.2 Å². The molecular formula is C24H20N2O5. The standard InChI is InChI=1S/C24H20N2O5/c1-29-19-10-6-15(7-11-19)21-12-17-13-22(30-2)23(31-3)14-20(17)24(25-21)16-4-8-18(9-5-16)26(27)28/h4-14H,1-3H3. The van der Waals surface area contributed by atoms with Crippen LogP contribution in [0.15, 0.2) is 66.7 Å². The highest BCUT2D eigenvalue weighted by Gasteiger charge is 2.15. The molecule has 7 heteroatoms. The summed E-state index contributed by atoms with van der Waals surface area (Å²) in [6, 6.07) is 19.7. The van der Waals surface area contributed by atoms with Crippen molar-refractivity contribution in [3.05, 3.63) is 76.8 Å². The van der Waals surface area contributed by atoms with Crippen LogP contribution in [0.5, 0.6) is 17.2 Å². The van der Waals surface area contributed by atoms with Gasteiger partial charge in [-0.05, 0) is 60.0 Å². The summed E-state index contributed by atoms with van der Waals surface area (Å²) in [6.07, 6.45) is 0. The van der Waals surface area contributed by atoms with Crippen molar-refractivity contribution < 1.29 is 19.1 Å². The molecule has 0 aliphatic carbocycles. The van der Waals surface area contributed by atoms with Crippen LogP contribution >= 0.6 is 0 Å². The summed E-state index contributed by atoms with van der Waals surface area (Å²) in [7, 11) is 4.79. The zero-order valence-corrected chi connectivity index (χ0v) is 17.3. The molecule has 0 atom stereocenters. The topological polar surface area (TPSA) is 83.7 Å². The quantitative estimate of drug-likeness (QED) is 0.305. The Labute approximate surface area is 179 Å². The van der Waals surface area contributed by atoms with Gasteiger partial charge >= 0.3 is 0 Å². The van der Waals surface area contributed by atoms with E-state index in [1.54, 1.807) is 33.5 Å². The van der Waals surface area contributed by atoms with E-state index in [9.17, 15) is 10.1 Å². The SMILES string of the molecule is COc1ccc(-c2cc3cc(OC)c(OC)cc3c(-c3ccc([N+](=O)[O-])cc3)n2)cc1. The van der Waals surface area contributed by atoms with Crippen molar-refractivity contribution in [3.63, 3.8) is 0 Å². The Balaban J connectivity index is 1.96. The Bertz CT molecular complexity index is 1250. The lowest BCUT2D eigenvalue weighted by Crippen LogP contribution is -1.95. The van der Waals surface area contributed by atoms with Crippen LogP contribution in [0.2, 0.25) is 0 Å². The lowest BCUT2D eigenvalue weighted by Gasteiger charge is -2.14. The Hall–Kier alpha value is -4.13. The summed E-state index contributed by atoms with van der Waals surface area (Å²) in [5.74, 6) is 1.94. The van der Waals surface area contributed by atoms with Crippen LogP contribution in [0.25, 0.3) is 33.3 Å². The molecule has 1 heterocycles. The predicted octanol–water partition coefficient (Wildman–Crippen LogP) is 5.50. The zero-order valence-electron chi connectivity index (χ0n) is 17.3. The smallest absolute Gasteiger partial charge is 0.269 e. The van der Waals surface area contributed by atoms with Gasteiger partial charge in [-0.2, -0.15) is 0 Å². The number of nitro groups is 1. The van der Waals surface area contributed by atoms with Gasteiger partial charge in [0.2, 0.25) is 0 Å². The molecule has 0 amide bonds. The summed E-state index contributed by atoms with van der Waals surface area (Å²) in [5.41, 5.74) is 3.16. The summed E-state index contributed by atoms with van der Waals surface area (Å²) in [6.45, 7) is 0. The maximum Gasteiger partial charge on any atom is 0.269 e. The Kier molecular flexibility index (Phi) is 5.41. The fourth-order valence-corrected chi connectivity index (χ4v) is 3.45. The number of hydrogen-bond acceptors (Lipinski definition) is 6. The van der Waals surface area contributed by atoms with E-state index in [1.165, 1.54) is 12.1 Å². The number of methoxy groups -OCH3 is 3. The summed E-state index contributed by atoms with van der Waals surface area (Å²) >= 11 is 0. The number of nitrogens with zero attached hydrogens (tertiary/aromatic N) is 2. The number of non-ortho nitro benzene ring substituents is 1. The number of rotatable bonds is 6. The minimum absolute atomic E-state index is 0.0265. The number of aromatic nitrogens is 1. The third-order valence-corrected chi connectivity index (χ3v) is 5.07. The van der Waals surface area contributed by atoms with Crippen molar-refractivity contribution in [1.82, 2.24) is 4.98 Å². The fraction of sp³-hybridized carbons (Fsp3) is 0.125. The van der Waals surface area contributed by atoms with Gasteiger partial charge in [0.05, 0.1) is 37.6 Å². The van der Waals surface area contributed by atoms with E-state index in [0.717, 1.165) is 33.3 Å². The second-order valence-corrected chi connectivity index (χ2v) is 6.82. The normalized spacial score (nSPS) is 10.7. The van der Waals surface area contributed by atoms with E-state index in [1.807, 2.05) is 42.5 Å². The Morgan fingerprint density at radius 3 is 1.97 bits per heavy atom. The Morgan fingerprint density at radius 2 is 1.39 bits per heavy atom. The summed E-state index contributed by atoms with van der Waals surface area (Å²) < 4.78 is 16.2. The first-order chi connectivity index (χ1) is 15.0. The molecular weight excluding hydrogens is 396 g/mol. The van der Waals surface area contributed by atoms with Gasteiger partial charge in [-0.3, -0.25) is 10.1 Å². The molecule has 7 nitrogen and oxygen atoms in total. The van der Waals surface area contributed by atoms with Crippen LogP contribution in [0.1, 0.15) is 0 Å². The summed E-state index contributed by atoms with van der Waals surface area (Å²) in [5, 5.41) is 12.8. The number of fused-ring (bicyclic) bond motifs is 1. The molecule has 0 spiro atoms. The number of nitro benzene ring substituents is 1. The monoisotopic (exact) mass is 416 g/mol. The van der Waals surface area contributed by atoms with Gasteiger partial charge in [0.25, 0.3) is 5.69 Å². The van der Waals surface area contributed by atoms with Gasteiger partial charge in [0, 0.05) is 28.6 Å². The molecule has 156 valence electrons. The molecule has 0 radical (unpaired) electrons. The number of ether oxygens (including phenoxy) is 3. The molecule has 0 fully saturated rings. The minimum Gasteiger partial charge on any atom is -0.497 e. The lowest BCUT2D eigenvalue weighted by molar-refractivity contribution is -0.384. The molecule has 0 aliphatic rings. The number of hydrogen-bond donors (Lipinski definition) is 0. The average molecular weight is 416 g/mol. The molecule has 0 N–H and O–H groups in total. The number of pyridine rings is 1. The van der Waals surface area contributed by atoms with E-state index < -0.39 is 4.92 Å². The van der Waals surface area contributed by atoms with Crippen LogP contribution in [0.4, 0.5) is 5.69 Å². The van der Waals surface area contributed by atoms with Gasteiger partial charge in [0.15, 0.2) is 11.5 Å². The van der Waals surface area contributed by atoms with Crippen molar-refractivity contribution in [2.45, 2.75) is 0 Å². The molecule has 0 saturated heterocycles. The number of benzene rings is 3. The second-order valence-electron chi connectivity index (χ2n) is 6.82. The van der Waals surface area contributed by atoms with Crippen molar-refractivity contribution in [2.24, 2.45) is 0 Å². The first kappa shape index (κ1) is 20.2. The molecule has 4 rings (SSSR count). The van der Waals surface area contributed by atoms with Gasteiger partial charge in [-0.1, -0.05) is 0 Å². The lowest BCUT2D eigenvalue weighted by atomic mass is 10.00. The predicted molar refractivity (Wildman–Crippen MR) is 119 cm³/mol. The van der Waals surface area contributed by atoms with E-state index in [0.29, 0.717) is 17.2 Å². The van der Waals surface area contributed by atoms with Crippen LogP contribution in [-0.2, 0) is 0 Å². The highest BCUT2D eigenvalue weighted by atomic mass is 16.6. The second kappa shape index (κ2) is 8.31. The minimum atomic E-state index is -0.420. The molecule has 3 aromatic carbocycles. The van der Waals surface area contributed by atoms with Gasteiger partial charge in [0.1, 0.15) is 5.75 Å². The third-order valence-electron chi connectivity index (χ3n) is 5.07. The van der Waals surface area contributed by atoms with E-state index in [2.05, 4.69) is 0 Å². The van der Waals surface area contributed by atoms with Crippen molar-refractivity contribution in [1.29, 1.82) is 0 Å². The van der Waals surface area contributed by atoms with Gasteiger partial charge in [-0.25, -0.2) is 4.98 Å². The molecule has 0 bridgehead atoms. The summed E-state index contributed by atoms with van der Waals surface area (Å²) in [4.78, 5) is 15.5. The maximum absolute atomic E-state index is 11.1. The van der Waals surface area contributed by atoms with E-state index in [4.69, 9.17) is 19.2 Å². The fourth-order valence-electron chi connectivity index (χ4n) is 3.45. The van der Waals surface area contributed by atoms with Gasteiger partial charge < -0.3 is 14.2 Å². The molecule has 4 aromatic rings. The zero-order chi connectivity index (χ0) is 22.0. The third kappa shape index (κ3) is 3.85. The highest BCUT2D eigenvalue weighted by molar-refractivity contribution is 5.99. The van der Waals surface area contributed by atoms with Crippen LogP contribution in [0.3, 0.4) is 0 Å². The van der Waals surface area contributed by atoms with E-state index >= 15 is 0 Å². The molecule has 0 saturated carbocycles. The van der Waals surface area contributed by atoms with Crippen molar-refractivity contribution in [2.75, 3.05) is 21.3 Å². The highest BCUT2D eigenvalue weighted by Crippen LogP contribution is 2.38. The first-order valence-electron chi connectivity index (χ1n) is 9.50. The van der Waals surface area contributed by atoms with Crippen molar-refractivity contribution in [3.8, 4) is 39.8 Å². The van der Waals surface area contributed by atoms with Crippen LogP contribution in [0, 0.1) is 10.1 Å².